The lowest BCUT2D eigenvalue weighted by Crippen LogP contribution is -2.33. The van der Waals surface area contributed by atoms with Crippen molar-refractivity contribution in [3.8, 4) is 17.0 Å². The molecule has 2 aromatic heterocycles. The summed E-state index contributed by atoms with van der Waals surface area (Å²) in [6, 6.07) is 7.28. The Morgan fingerprint density at radius 3 is 2.35 bits per heavy atom. The van der Waals surface area contributed by atoms with Crippen molar-refractivity contribution in [2.45, 2.75) is 51.5 Å². The quantitative estimate of drug-likeness (QED) is 0.293. The molecule has 0 bridgehead atoms. The fourth-order valence-corrected chi connectivity index (χ4v) is 5.86. The molecule has 3 aromatic rings. The third-order valence-electron chi connectivity index (χ3n) is 7.32. The zero-order valence-corrected chi connectivity index (χ0v) is 23.8. The van der Waals surface area contributed by atoms with Crippen LogP contribution in [0.1, 0.15) is 55.8 Å². The number of hydrogen-bond acceptors (Lipinski definition) is 6. The summed E-state index contributed by atoms with van der Waals surface area (Å²) in [4.78, 5) is 24.5. The highest BCUT2D eigenvalue weighted by Gasteiger charge is 2.26. The summed E-state index contributed by atoms with van der Waals surface area (Å²) in [5, 5.41) is 13.9. The van der Waals surface area contributed by atoms with Gasteiger partial charge in [-0.15, -0.1) is 24.8 Å². The van der Waals surface area contributed by atoms with Gasteiger partial charge < -0.3 is 15.3 Å². The highest BCUT2D eigenvalue weighted by atomic mass is 35.5. The van der Waals surface area contributed by atoms with Crippen molar-refractivity contribution in [2.24, 2.45) is 5.92 Å². The van der Waals surface area contributed by atoms with Gasteiger partial charge in [0.1, 0.15) is 5.52 Å². The number of nitrogens with zero attached hydrogens (tertiary/aromatic N) is 3. The number of aromatic hydroxyl groups is 1. The maximum atomic E-state index is 12.5. The Morgan fingerprint density at radius 2 is 1.73 bits per heavy atom. The second-order valence-corrected chi connectivity index (χ2v) is 10.6. The Labute approximate surface area is 240 Å². The predicted octanol–water partition coefficient (Wildman–Crippen LogP) is 7.42. The third kappa shape index (κ3) is 6.61. The van der Waals surface area contributed by atoms with E-state index >= 15 is 0 Å². The zero-order chi connectivity index (χ0) is 24.5. The number of phenolic OH excluding ortho intramolecular Hbond substituents is 1. The summed E-state index contributed by atoms with van der Waals surface area (Å²) in [7, 11) is 0. The zero-order valence-electron chi connectivity index (χ0n) is 20.7. The number of phenols is 1. The molecular formula is C27H32Cl4N4O2. The van der Waals surface area contributed by atoms with E-state index in [0.717, 1.165) is 24.4 Å². The number of nitrogens with one attached hydrogen (secondary N) is 1. The fourth-order valence-electron chi connectivity index (χ4n) is 5.38. The van der Waals surface area contributed by atoms with E-state index in [2.05, 4.69) is 15.2 Å². The Hall–Kier alpha value is -1.83. The second kappa shape index (κ2) is 12.8. The number of fused-ring (bicyclic) bond motifs is 1. The van der Waals surface area contributed by atoms with Crippen molar-refractivity contribution >= 4 is 70.5 Å². The first-order valence-corrected chi connectivity index (χ1v) is 13.1. The van der Waals surface area contributed by atoms with Gasteiger partial charge in [0.2, 0.25) is 0 Å². The summed E-state index contributed by atoms with van der Waals surface area (Å²) < 4.78 is 0. The van der Waals surface area contributed by atoms with Crippen LogP contribution in [0.2, 0.25) is 10.0 Å². The molecule has 1 saturated heterocycles. The van der Waals surface area contributed by atoms with Crippen molar-refractivity contribution in [2.75, 3.05) is 25.0 Å². The minimum Gasteiger partial charge on any atom is -0.505 e. The van der Waals surface area contributed by atoms with E-state index in [1.807, 2.05) is 12.1 Å². The van der Waals surface area contributed by atoms with Gasteiger partial charge in [0.15, 0.2) is 11.5 Å². The topological polar surface area (TPSA) is 78.3 Å². The summed E-state index contributed by atoms with van der Waals surface area (Å²) in [6.45, 7) is 5.26. The van der Waals surface area contributed by atoms with Gasteiger partial charge in [-0.05, 0) is 88.7 Å². The van der Waals surface area contributed by atoms with E-state index in [9.17, 15) is 9.90 Å². The van der Waals surface area contributed by atoms with E-state index in [4.69, 9.17) is 28.2 Å². The number of aromatic nitrogens is 2. The van der Waals surface area contributed by atoms with E-state index in [-0.39, 0.29) is 52.4 Å². The summed E-state index contributed by atoms with van der Waals surface area (Å²) in [5.74, 6) is 0.551. The molecule has 200 valence electrons. The normalized spacial score (nSPS) is 19.8. The number of pyridine rings is 2. The minimum atomic E-state index is -0.152. The number of anilines is 1. The lowest BCUT2D eigenvalue weighted by Gasteiger charge is -2.32. The van der Waals surface area contributed by atoms with Crippen LogP contribution in [0.4, 0.5) is 5.69 Å². The fraction of sp³-hybridized carbons (Fsp3) is 0.444. The number of benzene rings is 1. The van der Waals surface area contributed by atoms with Crippen LogP contribution in [0.5, 0.6) is 5.75 Å². The molecule has 0 unspecified atom stereocenters. The number of ketones is 1. The predicted molar refractivity (Wildman–Crippen MR) is 156 cm³/mol. The van der Waals surface area contributed by atoms with Crippen molar-refractivity contribution in [3.63, 3.8) is 0 Å². The first-order chi connectivity index (χ1) is 16.9. The van der Waals surface area contributed by atoms with Gasteiger partial charge in [0.05, 0.1) is 32.5 Å². The third-order valence-corrected chi connectivity index (χ3v) is 7.89. The van der Waals surface area contributed by atoms with Crippen molar-refractivity contribution < 1.29 is 9.90 Å². The van der Waals surface area contributed by atoms with E-state index in [0.29, 0.717) is 27.9 Å². The average Bonchev–Trinajstić information content (AvgIpc) is 3.36. The Balaban J connectivity index is 0.00000190. The molecule has 0 atom stereocenters. The van der Waals surface area contributed by atoms with Crippen LogP contribution in [0, 0.1) is 5.92 Å². The molecule has 1 saturated carbocycles. The molecule has 0 amide bonds. The molecule has 0 spiro atoms. The van der Waals surface area contributed by atoms with Crippen LogP contribution in [-0.2, 0) is 0 Å². The number of hydrogen-bond donors (Lipinski definition) is 2. The monoisotopic (exact) mass is 584 g/mol. The molecule has 6 nitrogen and oxygen atoms in total. The second-order valence-electron chi connectivity index (χ2n) is 9.83. The molecule has 1 aromatic carbocycles. The van der Waals surface area contributed by atoms with Crippen LogP contribution >= 0.6 is 48.0 Å². The minimum absolute atomic E-state index is 0. The van der Waals surface area contributed by atoms with Gasteiger partial charge >= 0.3 is 0 Å². The molecule has 1 aliphatic heterocycles. The number of carbonyl (C=O) groups excluding carboxylic acids is 1. The maximum absolute atomic E-state index is 12.5. The average molecular weight is 586 g/mol. The molecule has 2 N–H and O–H groups in total. The van der Waals surface area contributed by atoms with Crippen LogP contribution in [0.25, 0.3) is 22.3 Å². The lowest BCUT2D eigenvalue weighted by atomic mass is 9.85. The number of Topliss-reactive ketones (excluding diaryl/α,β-unsaturated/α-hetero) is 1. The van der Waals surface area contributed by atoms with Crippen LogP contribution in [0.3, 0.4) is 0 Å². The van der Waals surface area contributed by atoms with E-state index in [1.54, 1.807) is 25.3 Å². The Bertz CT molecular complexity index is 1240. The summed E-state index contributed by atoms with van der Waals surface area (Å²) in [5.41, 5.74) is 3.96. The van der Waals surface area contributed by atoms with Gasteiger partial charge in [0.25, 0.3) is 0 Å². The standard InChI is InChI=1S/C27H30Cl2N4O2.2ClH/c1-16(34)20-14-30-24-9-8-23(18-12-21(28)27(35)22(29)13-18)32-26(24)25(20)31-19-6-4-17(5-7-19)15-33-10-2-3-11-33;;/h8-9,12-14,17,19,35H,2-7,10-11,15H2,1H3,(H,30,31);2*1H. The van der Waals surface area contributed by atoms with Crippen molar-refractivity contribution in [3.05, 3.63) is 46.1 Å². The van der Waals surface area contributed by atoms with Gasteiger partial charge in [-0.2, -0.15) is 0 Å². The molecule has 2 aliphatic rings. The first kappa shape index (κ1) is 29.7. The maximum Gasteiger partial charge on any atom is 0.163 e. The van der Waals surface area contributed by atoms with Crippen LogP contribution < -0.4 is 5.32 Å². The number of rotatable bonds is 6. The lowest BCUT2D eigenvalue weighted by molar-refractivity contribution is 0.101. The number of carbonyl (C=O) groups is 1. The van der Waals surface area contributed by atoms with Crippen molar-refractivity contribution in [1.29, 1.82) is 0 Å². The highest BCUT2D eigenvalue weighted by Crippen LogP contribution is 2.37. The smallest absolute Gasteiger partial charge is 0.163 e. The summed E-state index contributed by atoms with van der Waals surface area (Å²) in [6.07, 6.45) is 8.83. The van der Waals surface area contributed by atoms with E-state index < -0.39 is 0 Å². The molecule has 3 heterocycles. The molecule has 10 heteroatoms. The molecule has 2 fully saturated rings. The largest absolute Gasteiger partial charge is 0.505 e. The Morgan fingerprint density at radius 1 is 1.08 bits per heavy atom. The number of halogens is 4. The molecule has 5 rings (SSSR count). The molecular weight excluding hydrogens is 554 g/mol. The summed E-state index contributed by atoms with van der Waals surface area (Å²) >= 11 is 12.3. The van der Waals surface area contributed by atoms with Gasteiger partial charge in [-0.3, -0.25) is 9.78 Å². The SMILES string of the molecule is CC(=O)c1cnc2ccc(-c3cc(Cl)c(O)c(Cl)c3)nc2c1NC1CCC(CN2CCCC2)CC1.Cl.Cl. The van der Waals surface area contributed by atoms with Gasteiger partial charge in [-0.25, -0.2) is 4.98 Å². The first-order valence-electron chi connectivity index (χ1n) is 12.4. The van der Waals surface area contributed by atoms with Gasteiger partial charge in [0, 0.05) is 24.3 Å². The Kier molecular flexibility index (Phi) is 10.3. The number of likely N-dealkylation sites (tertiary alicyclic amines) is 1. The molecule has 1 aliphatic carbocycles. The van der Waals surface area contributed by atoms with Gasteiger partial charge in [-0.1, -0.05) is 23.2 Å². The molecule has 37 heavy (non-hydrogen) atoms. The van der Waals surface area contributed by atoms with Crippen LogP contribution in [-0.4, -0.2) is 51.4 Å². The van der Waals surface area contributed by atoms with Crippen LogP contribution in [0.15, 0.2) is 30.5 Å². The van der Waals surface area contributed by atoms with Crippen molar-refractivity contribution in [1.82, 2.24) is 14.9 Å². The van der Waals surface area contributed by atoms with E-state index in [1.165, 1.54) is 45.3 Å². The molecule has 0 radical (unpaired) electrons. The highest BCUT2D eigenvalue weighted by molar-refractivity contribution is 6.37.